The molecule has 1 N–H and O–H groups in total. The molecule has 4 bridgehead atoms. The Balaban J connectivity index is 1.70. The number of rotatable bonds is 1. The first kappa shape index (κ1) is 26.2. The Hall–Kier alpha value is -2.88. The van der Waals surface area contributed by atoms with Gasteiger partial charge in [0, 0.05) is 18.0 Å². The van der Waals surface area contributed by atoms with E-state index in [1.807, 2.05) is 32.9 Å². The molecular formula is C26H32BrN3O6. The van der Waals surface area contributed by atoms with Crippen LogP contribution in [0.25, 0.3) is 10.8 Å². The van der Waals surface area contributed by atoms with E-state index < -0.39 is 41.6 Å². The minimum atomic E-state index is -0.911. The number of carbonyl (C=O) groups is 3. The molecule has 2 aliphatic heterocycles. The van der Waals surface area contributed by atoms with Gasteiger partial charge < -0.3 is 23.5 Å². The van der Waals surface area contributed by atoms with Gasteiger partial charge in [-0.05, 0) is 54.2 Å². The van der Waals surface area contributed by atoms with Crippen LogP contribution in [-0.2, 0) is 24.6 Å². The number of hydrogen-bond acceptors (Lipinski definition) is 7. The van der Waals surface area contributed by atoms with Crippen LogP contribution in [0.4, 0.5) is 4.79 Å². The summed E-state index contributed by atoms with van der Waals surface area (Å²) in [5.74, 6) is -0.540. The second-order valence-corrected chi connectivity index (χ2v) is 10.8. The zero-order valence-electron chi connectivity index (χ0n) is 20.8. The minimum Gasteiger partial charge on any atom is -0.472 e. The fourth-order valence-corrected chi connectivity index (χ4v) is 4.96. The molecule has 9 nitrogen and oxygen atoms in total. The number of benzene rings is 1. The van der Waals surface area contributed by atoms with Crippen molar-refractivity contribution >= 4 is 45.0 Å². The number of pyridine rings is 1. The van der Waals surface area contributed by atoms with Gasteiger partial charge in [0.1, 0.15) is 18.2 Å². The van der Waals surface area contributed by atoms with Crippen LogP contribution in [0, 0.1) is 5.41 Å². The maximum Gasteiger partial charge on any atom is 0.407 e. The molecule has 10 heteroatoms. The highest BCUT2D eigenvalue weighted by molar-refractivity contribution is 9.06. The van der Waals surface area contributed by atoms with Crippen LogP contribution in [0.2, 0.25) is 0 Å². The van der Waals surface area contributed by atoms with Crippen LogP contribution in [0.5, 0.6) is 5.88 Å². The molecule has 3 atom stereocenters. The molecule has 194 valence electrons. The van der Waals surface area contributed by atoms with Crippen molar-refractivity contribution in [2.24, 2.45) is 5.41 Å². The summed E-state index contributed by atoms with van der Waals surface area (Å²) in [6.07, 6.45) is 4.23. The highest BCUT2D eigenvalue weighted by atomic mass is 79.9. The van der Waals surface area contributed by atoms with Gasteiger partial charge in [0.05, 0.1) is 13.2 Å². The van der Waals surface area contributed by atoms with Crippen LogP contribution in [0.15, 0.2) is 30.5 Å². The number of ether oxygens (including phenoxy) is 2. The van der Waals surface area contributed by atoms with Crippen LogP contribution in [-0.4, -0.2) is 59.2 Å². The van der Waals surface area contributed by atoms with E-state index in [2.05, 4.69) is 38.7 Å². The summed E-state index contributed by atoms with van der Waals surface area (Å²) in [5.41, 5.74) is 0.531. The molecule has 0 unspecified atom stereocenters. The van der Waals surface area contributed by atoms with Gasteiger partial charge in [-0.2, -0.15) is 0 Å². The molecule has 0 saturated carbocycles. The lowest BCUT2D eigenvalue weighted by atomic mass is 9.85. The second-order valence-electron chi connectivity index (χ2n) is 10.4. The van der Waals surface area contributed by atoms with E-state index >= 15 is 0 Å². The molecule has 2 amide bonds. The van der Waals surface area contributed by atoms with E-state index in [0.717, 1.165) is 42.0 Å². The number of aromatic nitrogens is 1. The van der Waals surface area contributed by atoms with Gasteiger partial charge in [-0.3, -0.25) is 4.79 Å². The average Bonchev–Trinajstić information content (AvgIpc) is 3.26. The first-order chi connectivity index (χ1) is 17.2. The lowest BCUT2D eigenvalue weighted by molar-refractivity contribution is -0.147. The molecular weight excluding hydrogens is 530 g/mol. The summed E-state index contributed by atoms with van der Waals surface area (Å²) in [5, 5.41) is 4.62. The summed E-state index contributed by atoms with van der Waals surface area (Å²) in [7, 11) is 0. The number of alkyl carbamates (subject to hydrolysis) is 1. The van der Waals surface area contributed by atoms with Gasteiger partial charge in [-0.15, -0.1) is 0 Å². The number of aryl methyl sites for hydroxylation is 1. The maximum atomic E-state index is 13.7. The normalized spacial score (nSPS) is 23.9. The smallest absolute Gasteiger partial charge is 0.407 e. The molecule has 2 aromatic rings. The van der Waals surface area contributed by atoms with Gasteiger partial charge in [-0.1, -0.05) is 32.9 Å². The Morgan fingerprint density at radius 1 is 1.19 bits per heavy atom. The highest BCUT2D eigenvalue weighted by Gasteiger charge is 2.46. The van der Waals surface area contributed by atoms with Crippen LogP contribution < -0.4 is 10.1 Å². The first-order valence-corrected chi connectivity index (χ1v) is 12.9. The molecule has 0 aliphatic carbocycles. The number of amides is 2. The van der Waals surface area contributed by atoms with Crippen LogP contribution >= 0.6 is 16.3 Å². The monoisotopic (exact) mass is 561 g/mol. The minimum absolute atomic E-state index is 0.146. The molecule has 36 heavy (non-hydrogen) atoms. The summed E-state index contributed by atoms with van der Waals surface area (Å²) in [6.45, 7) is 5.96. The quantitative estimate of drug-likeness (QED) is 0.552. The van der Waals surface area contributed by atoms with Gasteiger partial charge in [0.25, 0.3) is 0 Å². The molecule has 1 fully saturated rings. The number of nitrogens with zero attached hydrogens (tertiary/aromatic N) is 2. The van der Waals surface area contributed by atoms with Gasteiger partial charge in [0.15, 0.2) is 16.3 Å². The third-order valence-corrected chi connectivity index (χ3v) is 7.00. The number of hydrogen-bond donors (Lipinski definition) is 1. The zero-order chi connectivity index (χ0) is 25.9. The molecule has 0 radical (unpaired) electrons. The first-order valence-electron chi connectivity index (χ1n) is 12.3. The molecule has 1 saturated heterocycles. The average molecular weight is 562 g/mol. The van der Waals surface area contributed by atoms with Crippen molar-refractivity contribution in [2.45, 2.75) is 71.1 Å². The fourth-order valence-electron chi connectivity index (χ4n) is 4.74. The van der Waals surface area contributed by atoms with Crippen molar-refractivity contribution in [1.82, 2.24) is 15.2 Å². The van der Waals surface area contributed by atoms with E-state index in [1.54, 1.807) is 6.20 Å². The third-order valence-electron chi connectivity index (χ3n) is 6.68. The van der Waals surface area contributed by atoms with Crippen molar-refractivity contribution in [3.8, 4) is 5.88 Å². The Kier molecular flexibility index (Phi) is 8.02. The Bertz CT molecular complexity index is 1130. The predicted octanol–water partition coefficient (Wildman–Crippen LogP) is 4.30. The van der Waals surface area contributed by atoms with Crippen molar-refractivity contribution in [1.29, 1.82) is 0 Å². The largest absolute Gasteiger partial charge is 0.472 e. The van der Waals surface area contributed by atoms with Crippen LogP contribution in [0.1, 0.15) is 52.0 Å². The summed E-state index contributed by atoms with van der Waals surface area (Å²) in [4.78, 5) is 44.8. The summed E-state index contributed by atoms with van der Waals surface area (Å²) >= 11 is 2.76. The van der Waals surface area contributed by atoms with Crippen molar-refractivity contribution in [3.63, 3.8) is 0 Å². The number of halogens is 1. The Morgan fingerprint density at radius 2 is 2.00 bits per heavy atom. The van der Waals surface area contributed by atoms with Gasteiger partial charge in [0.2, 0.25) is 11.8 Å². The van der Waals surface area contributed by atoms with E-state index in [4.69, 9.17) is 13.3 Å². The second kappa shape index (κ2) is 11.0. The maximum absolute atomic E-state index is 13.7. The van der Waals surface area contributed by atoms with Crippen molar-refractivity contribution < 1.29 is 27.7 Å². The molecule has 3 heterocycles. The van der Waals surface area contributed by atoms with E-state index in [0.29, 0.717) is 5.88 Å². The lowest BCUT2D eigenvalue weighted by Gasteiger charge is -2.34. The number of carbonyl (C=O) groups excluding carboxylic acids is 3. The fraction of sp³-hybridized carbons (Fsp3) is 0.538. The lowest BCUT2D eigenvalue weighted by Crippen LogP contribution is -2.57. The summed E-state index contributed by atoms with van der Waals surface area (Å²) in [6, 6.07) is 6.38. The molecule has 1 aromatic carbocycles. The number of nitrogens with one attached hydrogen (secondary N) is 1. The molecule has 4 rings (SSSR count). The Labute approximate surface area is 219 Å². The van der Waals surface area contributed by atoms with Gasteiger partial charge in [-0.25, -0.2) is 14.6 Å². The SMILES string of the molecule is CC(C)(C)[C@@H]1NC(=O)OCCCCCc2ccc3ccnc(c3c2)O[C@H]2C[C@@H](C(=O)OBr)N(C2)C1=O. The standard InChI is InChI=1S/C26H32BrN3O6/c1-26(2,3)21-23(31)30-15-18(14-20(30)24(32)36-27)35-22-19-13-16(8-9-17(19)10-11-28-22)7-5-4-6-12-34-25(33)29-21/h8-11,13,18,20-21H,4-7,12,14-15H2,1-3H3,(H,29,33)/t18-,20-,21+/m0/s1. The van der Waals surface area contributed by atoms with Crippen LogP contribution in [0.3, 0.4) is 0 Å². The predicted molar refractivity (Wildman–Crippen MR) is 137 cm³/mol. The molecule has 0 spiro atoms. The topological polar surface area (TPSA) is 107 Å². The van der Waals surface area contributed by atoms with E-state index in [-0.39, 0.29) is 19.6 Å². The molecule has 2 aliphatic rings. The third kappa shape index (κ3) is 5.91. The van der Waals surface area contributed by atoms with Gasteiger partial charge >= 0.3 is 12.1 Å². The van der Waals surface area contributed by atoms with E-state index in [9.17, 15) is 14.4 Å². The highest BCUT2D eigenvalue weighted by Crippen LogP contribution is 2.31. The molecule has 1 aromatic heterocycles. The van der Waals surface area contributed by atoms with E-state index in [1.165, 1.54) is 4.90 Å². The van der Waals surface area contributed by atoms with Crippen molar-refractivity contribution in [2.75, 3.05) is 13.2 Å². The van der Waals surface area contributed by atoms with Crippen molar-refractivity contribution in [3.05, 3.63) is 36.0 Å². The summed E-state index contributed by atoms with van der Waals surface area (Å²) < 4.78 is 16.5. The number of cyclic esters (lactones) is 1. The Morgan fingerprint density at radius 3 is 2.75 bits per heavy atom. The number of fused-ring (bicyclic) bond motifs is 3. The zero-order valence-corrected chi connectivity index (χ0v) is 22.4.